The summed E-state index contributed by atoms with van der Waals surface area (Å²) in [6, 6.07) is 11.6. The van der Waals surface area contributed by atoms with Gasteiger partial charge in [-0.3, -0.25) is 15.0 Å². The number of amides is 3. The lowest BCUT2D eigenvalue weighted by Gasteiger charge is -2.35. The normalized spacial score (nSPS) is 14.6. The number of imide groups is 1. The number of nitrogens with one attached hydrogen (secondary N) is 2. The summed E-state index contributed by atoms with van der Waals surface area (Å²) < 4.78 is 13.0. The number of aryl methyl sites for hydroxylation is 2. The molecule has 1 aliphatic rings. The molecule has 148 valence electrons. The number of benzene rings is 2. The van der Waals surface area contributed by atoms with Crippen molar-refractivity contribution in [1.82, 2.24) is 10.2 Å². The van der Waals surface area contributed by atoms with E-state index in [4.69, 9.17) is 0 Å². The Morgan fingerprint density at radius 2 is 1.68 bits per heavy atom. The third kappa shape index (κ3) is 5.29. The van der Waals surface area contributed by atoms with Crippen LogP contribution in [-0.4, -0.2) is 49.6 Å². The number of nitrogens with zero attached hydrogens (tertiary/aromatic N) is 2. The molecule has 0 spiro atoms. The number of hydrogen-bond acceptors (Lipinski definition) is 4. The van der Waals surface area contributed by atoms with E-state index in [1.807, 2.05) is 36.9 Å². The zero-order valence-electron chi connectivity index (χ0n) is 16.2. The van der Waals surface area contributed by atoms with E-state index in [1.54, 1.807) is 12.1 Å². The molecule has 2 N–H and O–H groups in total. The van der Waals surface area contributed by atoms with Gasteiger partial charge in [0.25, 0.3) is 0 Å². The summed E-state index contributed by atoms with van der Waals surface area (Å²) in [5, 5.41) is 5.09. The molecule has 0 saturated carbocycles. The second kappa shape index (κ2) is 8.84. The van der Waals surface area contributed by atoms with E-state index in [9.17, 15) is 14.0 Å². The first-order valence-corrected chi connectivity index (χ1v) is 9.31. The zero-order valence-corrected chi connectivity index (χ0v) is 16.2. The average Bonchev–Trinajstić information content (AvgIpc) is 2.65. The van der Waals surface area contributed by atoms with Crippen molar-refractivity contribution in [3.63, 3.8) is 0 Å². The second-order valence-corrected chi connectivity index (χ2v) is 7.06. The molecule has 3 amide bonds. The van der Waals surface area contributed by atoms with Gasteiger partial charge in [-0.25, -0.2) is 9.18 Å². The molecule has 7 heteroatoms. The van der Waals surface area contributed by atoms with E-state index in [2.05, 4.69) is 15.5 Å². The highest BCUT2D eigenvalue weighted by atomic mass is 19.1. The highest BCUT2D eigenvalue weighted by Crippen LogP contribution is 2.17. The molecule has 3 rings (SSSR count). The molecule has 0 radical (unpaired) electrons. The van der Waals surface area contributed by atoms with Crippen LogP contribution in [-0.2, 0) is 4.79 Å². The predicted molar refractivity (Wildman–Crippen MR) is 108 cm³/mol. The molecule has 0 atom stereocenters. The Morgan fingerprint density at radius 1 is 1.00 bits per heavy atom. The summed E-state index contributed by atoms with van der Waals surface area (Å²) in [6.45, 7) is 6.94. The summed E-state index contributed by atoms with van der Waals surface area (Å²) in [4.78, 5) is 28.4. The minimum absolute atomic E-state index is 0.164. The fourth-order valence-corrected chi connectivity index (χ4v) is 3.29. The molecule has 0 aliphatic carbocycles. The highest BCUT2D eigenvalue weighted by molar-refractivity contribution is 6.02. The van der Waals surface area contributed by atoms with Crippen LogP contribution in [0.4, 0.5) is 20.6 Å². The van der Waals surface area contributed by atoms with Gasteiger partial charge in [-0.15, -0.1) is 0 Å². The lowest BCUT2D eigenvalue weighted by atomic mass is 10.1. The number of carbonyl (C=O) groups is 2. The minimum atomic E-state index is -0.526. The van der Waals surface area contributed by atoms with Gasteiger partial charge in [0.2, 0.25) is 5.91 Å². The Balaban J connectivity index is 1.44. The van der Waals surface area contributed by atoms with Crippen LogP contribution in [0.5, 0.6) is 0 Å². The number of piperazine rings is 1. The number of urea groups is 1. The van der Waals surface area contributed by atoms with Crippen LogP contribution in [0.2, 0.25) is 0 Å². The Hall–Kier alpha value is -2.93. The standard InChI is InChI=1S/C21H25FN4O2/c1-15-3-8-19(16(2)13-15)23-21(28)24-20(27)14-25-9-11-26(12-10-25)18-6-4-17(22)5-7-18/h3-8,13H,9-12,14H2,1-2H3,(H2,23,24,27,28). The van der Waals surface area contributed by atoms with E-state index in [0.717, 1.165) is 29.9 Å². The van der Waals surface area contributed by atoms with Gasteiger partial charge in [-0.05, 0) is 49.7 Å². The zero-order chi connectivity index (χ0) is 20.1. The smallest absolute Gasteiger partial charge is 0.325 e. The molecule has 1 saturated heterocycles. The van der Waals surface area contributed by atoms with E-state index < -0.39 is 6.03 Å². The number of anilines is 2. The SMILES string of the molecule is Cc1ccc(NC(=O)NC(=O)CN2CCN(c3ccc(F)cc3)CC2)c(C)c1. The van der Waals surface area contributed by atoms with Crippen molar-refractivity contribution in [2.45, 2.75) is 13.8 Å². The van der Waals surface area contributed by atoms with Crippen LogP contribution >= 0.6 is 0 Å². The summed E-state index contributed by atoms with van der Waals surface area (Å²) in [6.07, 6.45) is 0. The van der Waals surface area contributed by atoms with E-state index in [0.29, 0.717) is 18.8 Å². The minimum Gasteiger partial charge on any atom is -0.369 e. The first-order valence-electron chi connectivity index (χ1n) is 9.31. The van der Waals surface area contributed by atoms with Gasteiger partial charge in [0.05, 0.1) is 6.54 Å². The van der Waals surface area contributed by atoms with Crippen LogP contribution in [0.3, 0.4) is 0 Å². The Bertz CT molecular complexity index is 846. The molecule has 6 nitrogen and oxygen atoms in total. The number of carbonyl (C=O) groups excluding carboxylic acids is 2. The van der Waals surface area contributed by atoms with Gasteiger partial charge in [-0.2, -0.15) is 0 Å². The molecule has 1 aliphatic heterocycles. The number of rotatable bonds is 4. The quantitative estimate of drug-likeness (QED) is 0.851. The molecule has 0 aromatic heterocycles. The van der Waals surface area contributed by atoms with Gasteiger partial charge in [0.1, 0.15) is 5.82 Å². The molecule has 0 unspecified atom stereocenters. The maximum Gasteiger partial charge on any atom is 0.325 e. The first kappa shape index (κ1) is 19.8. The van der Waals surface area contributed by atoms with Crippen LogP contribution in [0.25, 0.3) is 0 Å². The topological polar surface area (TPSA) is 64.7 Å². The maximum atomic E-state index is 13.0. The molecular weight excluding hydrogens is 359 g/mol. The molecule has 2 aromatic carbocycles. The highest BCUT2D eigenvalue weighted by Gasteiger charge is 2.20. The van der Waals surface area contributed by atoms with Crippen molar-refractivity contribution in [3.8, 4) is 0 Å². The number of halogens is 1. The molecular formula is C21H25FN4O2. The van der Waals surface area contributed by atoms with Crippen LogP contribution in [0.15, 0.2) is 42.5 Å². The summed E-state index contributed by atoms with van der Waals surface area (Å²) in [5.74, 6) is -0.587. The molecule has 1 fully saturated rings. The van der Waals surface area contributed by atoms with Gasteiger partial charge < -0.3 is 10.2 Å². The largest absolute Gasteiger partial charge is 0.369 e. The number of hydrogen-bond donors (Lipinski definition) is 2. The van der Waals surface area contributed by atoms with Crippen molar-refractivity contribution in [1.29, 1.82) is 0 Å². The molecule has 1 heterocycles. The summed E-state index contributed by atoms with van der Waals surface area (Å²) in [7, 11) is 0. The van der Waals surface area contributed by atoms with Gasteiger partial charge in [-0.1, -0.05) is 17.7 Å². The van der Waals surface area contributed by atoms with E-state index >= 15 is 0 Å². The van der Waals surface area contributed by atoms with Gasteiger partial charge >= 0.3 is 6.03 Å². The molecule has 28 heavy (non-hydrogen) atoms. The molecule has 0 bridgehead atoms. The van der Waals surface area contributed by atoms with Crippen molar-refractivity contribution in [2.75, 3.05) is 42.9 Å². The van der Waals surface area contributed by atoms with Crippen molar-refractivity contribution >= 4 is 23.3 Å². The van der Waals surface area contributed by atoms with E-state index in [1.165, 1.54) is 12.1 Å². The fraction of sp³-hybridized carbons (Fsp3) is 0.333. The van der Waals surface area contributed by atoms with Crippen molar-refractivity contribution in [2.24, 2.45) is 0 Å². The van der Waals surface area contributed by atoms with Crippen LogP contribution < -0.4 is 15.5 Å². The molecule has 2 aromatic rings. The predicted octanol–water partition coefficient (Wildman–Crippen LogP) is 2.91. The third-order valence-electron chi connectivity index (χ3n) is 4.81. The average molecular weight is 384 g/mol. The van der Waals surface area contributed by atoms with Crippen molar-refractivity contribution < 1.29 is 14.0 Å². The van der Waals surface area contributed by atoms with E-state index in [-0.39, 0.29) is 18.3 Å². The summed E-state index contributed by atoms with van der Waals surface area (Å²) >= 11 is 0. The third-order valence-corrected chi connectivity index (χ3v) is 4.81. The Labute approximate surface area is 164 Å². The second-order valence-electron chi connectivity index (χ2n) is 7.06. The summed E-state index contributed by atoms with van der Waals surface area (Å²) in [5.41, 5.74) is 3.71. The van der Waals surface area contributed by atoms with Crippen LogP contribution in [0.1, 0.15) is 11.1 Å². The van der Waals surface area contributed by atoms with Gasteiger partial charge in [0, 0.05) is 37.6 Å². The lowest BCUT2D eigenvalue weighted by Crippen LogP contribution is -2.50. The van der Waals surface area contributed by atoms with Gasteiger partial charge in [0.15, 0.2) is 0 Å². The Kier molecular flexibility index (Phi) is 6.26. The first-order chi connectivity index (χ1) is 13.4. The monoisotopic (exact) mass is 384 g/mol. The Morgan fingerprint density at radius 3 is 2.32 bits per heavy atom. The maximum absolute atomic E-state index is 13.0. The van der Waals surface area contributed by atoms with Crippen LogP contribution in [0, 0.1) is 19.7 Å². The fourth-order valence-electron chi connectivity index (χ4n) is 3.29. The van der Waals surface area contributed by atoms with Crippen molar-refractivity contribution in [3.05, 3.63) is 59.4 Å². The lowest BCUT2D eigenvalue weighted by molar-refractivity contribution is -0.121.